The number of nitrogens with one attached hydrogen (secondary N) is 1. The fourth-order valence-electron chi connectivity index (χ4n) is 1.86. The smallest absolute Gasteiger partial charge is 0.0548 e. The second kappa shape index (κ2) is 7.40. The van der Waals surface area contributed by atoms with Gasteiger partial charge < -0.3 is 5.32 Å². The highest BCUT2D eigenvalue weighted by Gasteiger charge is 2.13. The van der Waals surface area contributed by atoms with Crippen molar-refractivity contribution in [3.8, 4) is 0 Å². The molecule has 0 saturated heterocycles. The van der Waals surface area contributed by atoms with E-state index in [1.54, 1.807) is 0 Å². The van der Waals surface area contributed by atoms with Crippen molar-refractivity contribution in [2.45, 2.75) is 39.7 Å². The van der Waals surface area contributed by atoms with E-state index in [9.17, 15) is 0 Å². The minimum Gasteiger partial charge on any atom is -0.310 e. The summed E-state index contributed by atoms with van der Waals surface area (Å²) in [4.78, 5) is 0. The molecule has 1 aromatic rings. The fourth-order valence-corrected chi connectivity index (χ4v) is 2.37. The largest absolute Gasteiger partial charge is 0.310 e. The van der Waals surface area contributed by atoms with Crippen LogP contribution in [0.4, 0.5) is 0 Å². The molecule has 0 radical (unpaired) electrons. The highest BCUT2D eigenvalue weighted by molar-refractivity contribution is 9.10. The molecule has 0 spiro atoms. The van der Waals surface area contributed by atoms with Crippen LogP contribution in [0.25, 0.3) is 0 Å². The molecule has 1 rings (SSSR count). The summed E-state index contributed by atoms with van der Waals surface area (Å²) >= 11 is 9.52. The fraction of sp³-hybridized carbons (Fsp3) is 0.571. The zero-order valence-electron chi connectivity index (χ0n) is 10.8. The van der Waals surface area contributed by atoms with Gasteiger partial charge in [0, 0.05) is 10.5 Å². The molecule has 1 unspecified atom stereocenters. The molecule has 0 heterocycles. The molecule has 1 N–H and O–H groups in total. The van der Waals surface area contributed by atoms with Gasteiger partial charge in [0.2, 0.25) is 0 Å². The van der Waals surface area contributed by atoms with Crippen LogP contribution in [-0.2, 0) is 0 Å². The summed E-state index contributed by atoms with van der Waals surface area (Å²) in [5, 5.41) is 4.37. The summed E-state index contributed by atoms with van der Waals surface area (Å²) in [6.45, 7) is 7.76. The predicted octanol–water partition coefficient (Wildman–Crippen LogP) is 5.19. The van der Waals surface area contributed by atoms with Crippen LogP contribution >= 0.6 is 27.5 Å². The quantitative estimate of drug-likeness (QED) is 0.761. The highest BCUT2D eigenvalue weighted by Crippen LogP contribution is 2.28. The van der Waals surface area contributed by atoms with Crippen LogP contribution in [0.1, 0.15) is 45.2 Å². The van der Waals surface area contributed by atoms with Gasteiger partial charge in [-0.3, -0.25) is 0 Å². The standard InChI is InChI=1S/C14H21BrClN/c1-4-7-17-14(8-10(2)3)11-5-6-13(16)12(15)9-11/h5-6,9-10,14,17H,4,7-8H2,1-3H3. The molecular weight excluding hydrogens is 298 g/mol. The Morgan fingerprint density at radius 2 is 2.06 bits per heavy atom. The second-order valence-electron chi connectivity index (χ2n) is 4.81. The molecule has 0 aliphatic heterocycles. The van der Waals surface area contributed by atoms with E-state index in [-0.39, 0.29) is 0 Å². The van der Waals surface area contributed by atoms with Gasteiger partial charge in [-0.1, -0.05) is 38.4 Å². The van der Waals surface area contributed by atoms with Gasteiger partial charge in [0.25, 0.3) is 0 Å². The van der Waals surface area contributed by atoms with Crippen molar-refractivity contribution < 1.29 is 0 Å². The van der Waals surface area contributed by atoms with Crippen molar-refractivity contribution >= 4 is 27.5 Å². The van der Waals surface area contributed by atoms with Crippen molar-refractivity contribution in [1.29, 1.82) is 0 Å². The maximum Gasteiger partial charge on any atom is 0.0548 e. The third-order valence-electron chi connectivity index (χ3n) is 2.69. The van der Waals surface area contributed by atoms with Gasteiger partial charge in [0.1, 0.15) is 0 Å². The first-order valence-electron chi connectivity index (χ1n) is 6.23. The molecule has 1 aromatic carbocycles. The van der Waals surface area contributed by atoms with Gasteiger partial charge in [0.15, 0.2) is 0 Å². The van der Waals surface area contributed by atoms with Crippen LogP contribution in [0.15, 0.2) is 22.7 Å². The van der Waals surface area contributed by atoms with Gasteiger partial charge in [0.05, 0.1) is 5.02 Å². The lowest BCUT2D eigenvalue weighted by atomic mass is 9.97. The number of rotatable bonds is 6. The number of hydrogen-bond donors (Lipinski definition) is 1. The molecule has 0 aliphatic carbocycles. The zero-order chi connectivity index (χ0) is 12.8. The molecule has 3 heteroatoms. The summed E-state index contributed by atoms with van der Waals surface area (Å²) in [7, 11) is 0. The monoisotopic (exact) mass is 317 g/mol. The van der Waals surface area contributed by atoms with Crippen LogP contribution in [0.5, 0.6) is 0 Å². The second-order valence-corrected chi connectivity index (χ2v) is 6.07. The van der Waals surface area contributed by atoms with E-state index in [0.29, 0.717) is 12.0 Å². The Balaban J connectivity index is 2.83. The Kier molecular flexibility index (Phi) is 6.53. The van der Waals surface area contributed by atoms with E-state index in [0.717, 1.165) is 28.9 Å². The predicted molar refractivity (Wildman–Crippen MR) is 79.6 cm³/mol. The molecule has 1 nitrogen and oxygen atoms in total. The molecule has 1 atom stereocenters. The molecule has 0 bridgehead atoms. The molecular formula is C14H21BrClN. The van der Waals surface area contributed by atoms with E-state index in [4.69, 9.17) is 11.6 Å². The van der Waals surface area contributed by atoms with Crippen LogP contribution in [0.2, 0.25) is 5.02 Å². The molecule has 0 fully saturated rings. The first-order valence-corrected chi connectivity index (χ1v) is 7.40. The normalized spacial score (nSPS) is 13.1. The van der Waals surface area contributed by atoms with Crippen molar-refractivity contribution in [3.63, 3.8) is 0 Å². The van der Waals surface area contributed by atoms with Gasteiger partial charge in [-0.25, -0.2) is 0 Å². The maximum atomic E-state index is 6.03. The average molecular weight is 319 g/mol. The minimum absolute atomic E-state index is 0.420. The maximum absolute atomic E-state index is 6.03. The number of halogens is 2. The summed E-state index contributed by atoms with van der Waals surface area (Å²) in [5.74, 6) is 0.679. The molecule has 0 saturated carbocycles. The summed E-state index contributed by atoms with van der Waals surface area (Å²) in [6, 6.07) is 6.62. The first-order chi connectivity index (χ1) is 8.04. The van der Waals surface area contributed by atoms with Crippen molar-refractivity contribution in [2.75, 3.05) is 6.54 Å². The van der Waals surface area contributed by atoms with Gasteiger partial charge in [-0.15, -0.1) is 0 Å². The Hall–Kier alpha value is -0.0500. The molecule has 0 aromatic heterocycles. The van der Waals surface area contributed by atoms with Crippen molar-refractivity contribution in [2.24, 2.45) is 5.92 Å². The van der Waals surface area contributed by atoms with E-state index in [2.05, 4.69) is 54.2 Å². The van der Waals surface area contributed by atoms with E-state index in [1.165, 1.54) is 5.56 Å². The summed E-state index contributed by atoms with van der Waals surface area (Å²) in [5.41, 5.74) is 1.31. The lowest BCUT2D eigenvalue weighted by molar-refractivity contribution is 0.430. The van der Waals surface area contributed by atoms with Gasteiger partial charge in [-0.2, -0.15) is 0 Å². The SMILES string of the molecule is CCCNC(CC(C)C)c1ccc(Cl)c(Br)c1. The molecule has 17 heavy (non-hydrogen) atoms. The third kappa shape index (κ3) is 4.99. The van der Waals surface area contributed by atoms with Crippen LogP contribution < -0.4 is 5.32 Å². The third-order valence-corrected chi connectivity index (χ3v) is 3.91. The minimum atomic E-state index is 0.420. The average Bonchev–Trinajstić information content (AvgIpc) is 2.27. The first kappa shape index (κ1) is 15.0. The topological polar surface area (TPSA) is 12.0 Å². The molecule has 96 valence electrons. The van der Waals surface area contributed by atoms with Gasteiger partial charge in [-0.05, 0) is 58.9 Å². The summed E-state index contributed by atoms with van der Waals surface area (Å²) in [6.07, 6.45) is 2.30. The van der Waals surface area contributed by atoms with Crippen molar-refractivity contribution in [1.82, 2.24) is 5.32 Å². The van der Waals surface area contributed by atoms with Gasteiger partial charge >= 0.3 is 0 Å². The number of benzene rings is 1. The lowest BCUT2D eigenvalue weighted by Gasteiger charge is -2.21. The molecule has 0 aliphatic rings. The Labute approximate surface area is 118 Å². The van der Waals surface area contributed by atoms with Crippen LogP contribution in [0.3, 0.4) is 0 Å². The van der Waals surface area contributed by atoms with E-state index in [1.807, 2.05) is 6.07 Å². The Bertz CT molecular complexity index is 352. The lowest BCUT2D eigenvalue weighted by Crippen LogP contribution is -2.23. The number of hydrogen-bond acceptors (Lipinski definition) is 1. The highest BCUT2D eigenvalue weighted by atomic mass is 79.9. The van der Waals surface area contributed by atoms with Crippen LogP contribution in [0, 0.1) is 5.92 Å². The molecule has 0 amide bonds. The zero-order valence-corrected chi connectivity index (χ0v) is 13.1. The van der Waals surface area contributed by atoms with Crippen LogP contribution in [-0.4, -0.2) is 6.54 Å². The summed E-state index contributed by atoms with van der Waals surface area (Å²) < 4.78 is 0.976. The van der Waals surface area contributed by atoms with Crippen molar-refractivity contribution in [3.05, 3.63) is 33.3 Å². The van der Waals surface area contributed by atoms with E-state index < -0.39 is 0 Å². The van der Waals surface area contributed by atoms with E-state index >= 15 is 0 Å². The Morgan fingerprint density at radius 1 is 1.35 bits per heavy atom. The Morgan fingerprint density at radius 3 is 2.59 bits per heavy atom.